The van der Waals surface area contributed by atoms with E-state index in [2.05, 4.69) is 10.5 Å². The van der Waals surface area contributed by atoms with Crippen molar-refractivity contribution in [2.45, 2.75) is 36.2 Å². The molecule has 3 aromatic rings. The van der Waals surface area contributed by atoms with E-state index in [-0.39, 0.29) is 12.2 Å². The van der Waals surface area contributed by atoms with Gasteiger partial charge in [-0.2, -0.15) is 0 Å². The van der Waals surface area contributed by atoms with Crippen LogP contribution in [-0.4, -0.2) is 28.2 Å². The predicted octanol–water partition coefficient (Wildman–Crippen LogP) is 3.81. The summed E-state index contributed by atoms with van der Waals surface area (Å²) in [6, 6.07) is 13.4. The van der Waals surface area contributed by atoms with Gasteiger partial charge in [0.15, 0.2) is 6.29 Å². The van der Waals surface area contributed by atoms with Crippen molar-refractivity contribution < 1.29 is 14.4 Å². The molecule has 27 heavy (non-hydrogen) atoms. The Morgan fingerprint density at radius 2 is 2.15 bits per heavy atom. The minimum atomic E-state index is -0.344. The van der Waals surface area contributed by atoms with Crippen LogP contribution in [0.3, 0.4) is 0 Å². The Morgan fingerprint density at radius 3 is 2.93 bits per heavy atom. The molecule has 7 heteroatoms. The number of aromatic nitrogens is 2. The molecule has 0 aliphatic carbocycles. The molecular weight excluding hydrogens is 362 g/mol. The van der Waals surface area contributed by atoms with Crippen LogP contribution < -0.4 is 5.48 Å². The smallest absolute Gasteiger partial charge is 0.274 e. The third-order valence-electron chi connectivity index (χ3n) is 4.34. The van der Waals surface area contributed by atoms with Crippen molar-refractivity contribution in [3.8, 4) is 0 Å². The summed E-state index contributed by atoms with van der Waals surface area (Å²) in [5, 5.41) is 0. The molecule has 4 rings (SSSR count). The number of imidazole rings is 1. The first-order chi connectivity index (χ1) is 13.3. The van der Waals surface area contributed by atoms with E-state index in [0.717, 1.165) is 41.3 Å². The number of thioether (sulfide) groups is 1. The zero-order valence-electron chi connectivity index (χ0n) is 14.8. The van der Waals surface area contributed by atoms with E-state index in [4.69, 9.17) is 9.57 Å². The number of nitrogens with zero attached hydrogens (tertiary/aromatic N) is 2. The summed E-state index contributed by atoms with van der Waals surface area (Å²) in [7, 11) is 0. The average Bonchev–Trinajstić information content (AvgIpc) is 3.15. The molecule has 3 heterocycles. The van der Waals surface area contributed by atoms with Crippen molar-refractivity contribution in [3.63, 3.8) is 0 Å². The van der Waals surface area contributed by atoms with Crippen molar-refractivity contribution in [1.82, 2.24) is 14.9 Å². The second kappa shape index (κ2) is 8.56. The highest BCUT2D eigenvalue weighted by Crippen LogP contribution is 2.23. The maximum Gasteiger partial charge on any atom is 0.274 e. The summed E-state index contributed by atoms with van der Waals surface area (Å²) in [6.07, 6.45) is 6.58. The van der Waals surface area contributed by atoms with Gasteiger partial charge in [-0.25, -0.2) is 15.3 Å². The van der Waals surface area contributed by atoms with Crippen LogP contribution in [0.2, 0.25) is 0 Å². The van der Waals surface area contributed by atoms with Gasteiger partial charge in [-0.3, -0.25) is 4.79 Å². The van der Waals surface area contributed by atoms with Gasteiger partial charge in [-0.15, -0.1) is 11.8 Å². The van der Waals surface area contributed by atoms with Crippen molar-refractivity contribution >= 4 is 23.3 Å². The van der Waals surface area contributed by atoms with Gasteiger partial charge in [0, 0.05) is 41.6 Å². The second-order valence-corrected chi connectivity index (χ2v) is 7.41. The lowest BCUT2D eigenvalue weighted by molar-refractivity contribution is -0.186. The van der Waals surface area contributed by atoms with E-state index in [1.54, 1.807) is 23.9 Å². The minimum Gasteiger partial charge on any atom is -0.350 e. The van der Waals surface area contributed by atoms with Gasteiger partial charge in [0.2, 0.25) is 0 Å². The largest absolute Gasteiger partial charge is 0.350 e. The van der Waals surface area contributed by atoms with Crippen LogP contribution in [0.15, 0.2) is 59.8 Å². The van der Waals surface area contributed by atoms with E-state index >= 15 is 0 Å². The summed E-state index contributed by atoms with van der Waals surface area (Å²) in [6.45, 7) is 0.679. The summed E-state index contributed by atoms with van der Waals surface area (Å²) in [4.78, 5) is 23.2. The normalized spacial score (nSPS) is 17.1. The lowest BCUT2D eigenvalue weighted by Gasteiger charge is -2.22. The summed E-state index contributed by atoms with van der Waals surface area (Å²) in [5.41, 5.74) is 5.00. The summed E-state index contributed by atoms with van der Waals surface area (Å²) >= 11 is 1.69. The number of carbonyl (C=O) groups is 1. The number of benzene rings is 1. The van der Waals surface area contributed by atoms with Gasteiger partial charge in [0.05, 0.1) is 5.69 Å². The standard InChI is InChI=1S/C20H21N3O3S/c24-20(22-26-19-6-2-4-12-25-19)15-7-9-17(10-8-15)27-14-16-13-23-11-3-1-5-18(23)21-16/h1,3,5,7-11,13,19H,2,4,6,12,14H2,(H,22,24). The van der Waals surface area contributed by atoms with E-state index in [1.165, 1.54) is 0 Å². The first-order valence-corrected chi connectivity index (χ1v) is 9.99. The Morgan fingerprint density at radius 1 is 1.26 bits per heavy atom. The van der Waals surface area contributed by atoms with Crippen molar-refractivity contribution in [2.24, 2.45) is 0 Å². The molecule has 1 fully saturated rings. The van der Waals surface area contributed by atoms with E-state index in [0.29, 0.717) is 12.2 Å². The molecule has 0 saturated carbocycles. The summed E-state index contributed by atoms with van der Waals surface area (Å²) < 4.78 is 7.44. The van der Waals surface area contributed by atoms with Crippen LogP contribution in [-0.2, 0) is 15.3 Å². The van der Waals surface area contributed by atoms with Crippen LogP contribution in [0.5, 0.6) is 0 Å². The number of rotatable bonds is 6. The number of hydroxylamine groups is 1. The van der Waals surface area contributed by atoms with E-state index < -0.39 is 0 Å². The average molecular weight is 383 g/mol. The Bertz CT molecular complexity index is 871. The zero-order chi connectivity index (χ0) is 18.5. The number of hydrogen-bond acceptors (Lipinski definition) is 5. The molecule has 1 amide bonds. The SMILES string of the molecule is O=C(NOC1CCCCO1)c1ccc(SCc2cn3ccccc3n2)cc1. The number of pyridine rings is 1. The molecular formula is C20H21N3O3S. The zero-order valence-corrected chi connectivity index (χ0v) is 15.7. The van der Waals surface area contributed by atoms with Crippen LogP contribution in [0.1, 0.15) is 35.3 Å². The van der Waals surface area contributed by atoms with Crippen LogP contribution in [0.4, 0.5) is 0 Å². The Balaban J connectivity index is 1.29. The van der Waals surface area contributed by atoms with Crippen molar-refractivity contribution in [1.29, 1.82) is 0 Å². The monoisotopic (exact) mass is 383 g/mol. The van der Waals surface area contributed by atoms with Crippen LogP contribution >= 0.6 is 11.8 Å². The molecule has 1 saturated heterocycles. The van der Waals surface area contributed by atoms with Gasteiger partial charge in [-0.05, 0) is 49.2 Å². The Hall–Kier alpha value is -2.35. The number of nitrogens with one attached hydrogen (secondary N) is 1. The fraction of sp³-hybridized carbons (Fsp3) is 0.300. The van der Waals surface area contributed by atoms with Gasteiger partial charge >= 0.3 is 0 Å². The molecule has 1 unspecified atom stereocenters. The molecule has 0 radical (unpaired) electrons. The molecule has 1 N–H and O–H groups in total. The first kappa shape index (κ1) is 18.0. The molecule has 1 aliphatic heterocycles. The maximum atomic E-state index is 12.2. The molecule has 2 aromatic heterocycles. The van der Waals surface area contributed by atoms with Crippen molar-refractivity contribution in [3.05, 3.63) is 66.1 Å². The number of fused-ring (bicyclic) bond motifs is 1. The van der Waals surface area contributed by atoms with Crippen LogP contribution in [0, 0.1) is 0 Å². The lowest BCUT2D eigenvalue weighted by Crippen LogP contribution is -2.33. The van der Waals surface area contributed by atoms with Gasteiger partial charge in [0.25, 0.3) is 5.91 Å². The highest BCUT2D eigenvalue weighted by molar-refractivity contribution is 7.98. The van der Waals surface area contributed by atoms with Crippen molar-refractivity contribution in [2.75, 3.05) is 6.61 Å². The van der Waals surface area contributed by atoms with E-state index in [1.807, 2.05) is 47.1 Å². The molecule has 0 bridgehead atoms. The molecule has 1 atom stereocenters. The van der Waals surface area contributed by atoms with Gasteiger partial charge in [-0.1, -0.05) is 6.07 Å². The Kier molecular flexibility index (Phi) is 5.72. The molecule has 140 valence electrons. The molecule has 1 aliphatic rings. The number of ether oxygens (including phenoxy) is 1. The van der Waals surface area contributed by atoms with Crippen LogP contribution in [0.25, 0.3) is 5.65 Å². The Labute approximate surface area is 161 Å². The highest BCUT2D eigenvalue weighted by atomic mass is 32.2. The maximum absolute atomic E-state index is 12.2. The third kappa shape index (κ3) is 4.68. The summed E-state index contributed by atoms with van der Waals surface area (Å²) in [5.74, 6) is 0.510. The topological polar surface area (TPSA) is 64.9 Å². The number of amides is 1. The highest BCUT2D eigenvalue weighted by Gasteiger charge is 2.16. The quantitative estimate of drug-likeness (QED) is 0.518. The van der Waals surface area contributed by atoms with Gasteiger partial charge in [0.1, 0.15) is 5.65 Å². The molecule has 6 nitrogen and oxygen atoms in total. The minimum absolute atomic E-state index is 0.263. The van der Waals surface area contributed by atoms with E-state index in [9.17, 15) is 4.79 Å². The first-order valence-electron chi connectivity index (χ1n) is 9.01. The lowest BCUT2D eigenvalue weighted by atomic mass is 10.2. The third-order valence-corrected chi connectivity index (χ3v) is 5.38. The second-order valence-electron chi connectivity index (χ2n) is 6.36. The number of carbonyl (C=O) groups excluding carboxylic acids is 1. The molecule has 1 aromatic carbocycles. The fourth-order valence-electron chi connectivity index (χ4n) is 2.90. The fourth-order valence-corrected chi connectivity index (χ4v) is 3.68. The number of hydrogen-bond donors (Lipinski definition) is 1. The molecule has 0 spiro atoms. The van der Waals surface area contributed by atoms with Gasteiger partial charge < -0.3 is 9.14 Å². The predicted molar refractivity (Wildman–Crippen MR) is 103 cm³/mol.